The van der Waals surface area contributed by atoms with Crippen LogP contribution in [0.4, 0.5) is 0 Å². The molecule has 0 saturated heterocycles. The highest BCUT2D eigenvalue weighted by Crippen LogP contribution is 2.43. The Balaban J connectivity index is 1.88. The summed E-state index contributed by atoms with van der Waals surface area (Å²) in [6.07, 6.45) is 1.88. The molecular weight excluding hydrogens is 354 g/mol. The molecule has 5 nitrogen and oxygen atoms in total. The van der Waals surface area contributed by atoms with Crippen molar-refractivity contribution in [2.24, 2.45) is 5.92 Å². The van der Waals surface area contributed by atoms with Gasteiger partial charge >= 0.3 is 5.97 Å². The summed E-state index contributed by atoms with van der Waals surface area (Å²) in [7, 11) is 0. The zero-order valence-corrected chi connectivity index (χ0v) is 14.9. The topological polar surface area (TPSA) is 75.6 Å². The molecule has 1 aliphatic rings. The number of hydroxylamine groups is 1. The van der Waals surface area contributed by atoms with Crippen LogP contribution >= 0.6 is 11.6 Å². The Kier molecular flexibility index (Phi) is 5.59. The first-order valence-corrected chi connectivity index (χ1v) is 8.90. The van der Waals surface area contributed by atoms with E-state index in [0.717, 1.165) is 5.56 Å². The third-order valence-corrected chi connectivity index (χ3v) is 5.31. The van der Waals surface area contributed by atoms with E-state index in [2.05, 4.69) is 0 Å². The van der Waals surface area contributed by atoms with E-state index >= 15 is 0 Å². The van der Waals surface area contributed by atoms with Gasteiger partial charge in [-0.3, -0.25) is 14.8 Å². The Morgan fingerprint density at radius 1 is 1.04 bits per heavy atom. The zero-order valence-electron chi connectivity index (χ0n) is 14.2. The Bertz CT molecular complexity index is 768. The van der Waals surface area contributed by atoms with E-state index < -0.39 is 11.3 Å². The largest absolute Gasteiger partial charge is 0.426 e. The van der Waals surface area contributed by atoms with Crippen LogP contribution in [0.2, 0.25) is 5.02 Å². The van der Waals surface area contributed by atoms with E-state index in [1.54, 1.807) is 41.9 Å². The molecule has 2 N–H and O–H groups in total. The molecular formula is C20H20ClNO4. The highest BCUT2D eigenvalue weighted by atomic mass is 35.5. The molecule has 3 rings (SSSR count). The minimum atomic E-state index is -0.841. The van der Waals surface area contributed by atoms with Crippen LogP contribution in [0, 0.1) is 5.92 Å². The average Bonchev–Trinajstić information content (AvgIpc) is 2.68. The van der Waals surface area contributed by atoms with Gasteiger partial charge in [-0.25, -0.2) is 5.48 Å². The summed E-state index contributed by atoms with van der Waals surface area (Å²) in [5.74, 6) is -0.578. The molecule has 0 aromatic heterocycles. The first kappa shape index (κ1) is 18.4. The molecule has 1 saturated carbocycles. The van der Waals surface area contributed by atoms with Crippen molar-refractivity contribution in [2.45, 2.75) is 31.1 Å². The second kappa shape index (κ2) is 7.89. The van der Waals surface area contributed by atoms with Gasteiger partial charge in [0.25, 0.3) is 0 Å². The lowest BCUT2D eigenvalue weighted by atomic mass is 9.66. The lowest BCUT2D eigenvalue weighted by Gasteiger charge is -2.37. The third kappa shape index (κ3) is 3.74. The van der Waals surface area contributed by atoms with E-state index in [1.165, 1.54) is 0 Å². The molecule has 6 heteroatoms. The van der Waals surface area contributed by atoms with Gasteiger partial charge in [0.15, 0.2) is 0 Å². The number of nitrogens with one attached hydrogen (secondary N) is 1. The van der Waals surface area contributed by atoms with Crippen molar-refractivity contribution in [1.82, 2.24) is 5.48 Å². The number of hydrogen-bond acceptors (Lipinski definition) is 4. The molecule has 136 valence electrons. The maximum atomic E-state index is 13.1. The number of amides is 1. The van der Waals surface area contributed by atoms with Crippen LogP contribution in [0.3, 0.4) is 0 Å². The maximum absolute atomic E-state index is 13.1. The third-order valence-electron chi connectivity index (χ3n) is 5.06. The van der Waals surface area contributed by atoms with Gasteiger partial charge in [-0.15, -0.1) is 0 Å². The molecule has 0 bridgehead atoms. The lowest BCUT2D eigenvalue weighted by molar-refractivity contribution is -0.145. The minimum absolute atomic E-state index is 0.315. The van der Waals surface area contributed by atoms with Gasteiger partial charge in [-0.2, -0.15) is 0 Å². The maximum Gasteiger partial charge on any atom is 0.321 e. The lowest BCUT2D eigenvalue weighted by Crippen LogP contribution is -2.44. The predicted octanol–water partition coefficient (Wildman–Crippen LogP) is 3.88. The number of benzene rings is 2. The number of carbonyl (C=O) groups excluding carboxylic acids is 2. The van der Waals surface area contributed by atoms with Gasteiger partial charge in [0.05, 0.1) is 5.41 Å². The predicted molar refractivity (Wildman–Crippen MR) is 97.1 cm³/mol. The molecule has 0 heterocycles. The summed E-state index contributed by atoms with van der Waals surface area (Å²) < 4.78 is 5.64. The van der Waals surface area contributed by atoms with Crippen molar-refractivity contribution in [1.29, 1.82) is 0 Å². The van der Waals surface area contributed by atoms with Crippen LogP contribution in [-0.2, 0) is 15.0 Å². The first-order valence-electron chi connectivity index (χ1n) is 8.52. The normalized spacial score (nSPS) is 22.5. The first-order chi connectivity index (χ1) is 12.5. The van der Waals surface area contributed by atoms with E-state index in [1.807, 2.05) is 18.2 Å². The fraction of sp³-hybridized carbons (Fsp3) is 0.300. The summed E-state index contributed by atoms with van der Waals surface area (Å²) in [6, 6.07) is 16.1. The minimum Gasteiger partial charge on any atom is -0.426 e. The van der Waals surface area contributed by atoms with Crippen LogP contribution < -0.4 is 10.2 Å². The number of carbonyl (C=O) groups is 2. The summed E-state index contributed by atoms with van der Waals surface area (Å²) in [5.41, 5.74) is 1.69. The molecule has 0 aliphatic heterocycles. The van der Waals surface area contributed by atoms with Crippen molar-refractivity contribution < 1.29 is 19.5 Å². The molecule has 26 heavy (non-hydrogen) atoms. The summed E-state index contributed by atoms with van der Waals surface area (Å²) in [5, 5.41) is 9.45. The van der Waals surface area contributed by atoms with E-state index in [-0.39, 0.29) is 11.9 Å². The van der Waals surface area contributed by atoms with E-state index in [4.69, 9.17) is 21.5 Å². The Hall–Kier alpha value is -2.37. The number of hydrogen-bond donors (Lipinski definition) is 2. The fourth-order valence-electron chi connectivity index (χ4n) is 3.54. The van der Waals surface area contributed by atoms with Crippen LogP contribution in [0.25, 0.3) is 0 Å². The summed E-state index contributed by atoms with van der Waals surface area (Å²) in [6.45, 7) is 0. The molecule has 1 amide bonds. The summed E-state index contributed by atoms with van der Waals surface area (Å²) >= 11 is 5.99. The van der Waals surface area contributed by atoms with Crippen molar-refractivity contribution in [3.05, 3.63) is 65.2 Å². The van der Waals surface area contributed by atoms with Gasteiger partial charge in [0.1, 0.15) is 5.75 Å². The fourth-order valence-corrected chi connectivity index (χ4v) is 3.66. The quantitative estimate of drug-likeness (QED) is 0.369. The van der Waals surface area contributed by atoms with Crippen LogP contribution in [-0.4, -0.2) is 17.1 Å². The van der Waals surface area contributed by atoms with E-state index in [9.17, 15) is 9.59 Å². The van der Waals surface area contributed by atoms with Crippen LogP contribution in [0.1, 0.15) is 31.2 Å². The van der Waals surface area contributed by atoms with Gasteiger partial charge < -0.3 is 4.74 Å². The molecule has 2 aromatic rings. The standard InChI is InChI=1S/C20H20ClNO4/c21-16-8-6-15(7-9-16)20(12-10-14(11-13-20)18(23)22-25)19(24)26-17-4-2-1-3-5-17/h1-9,14,25H,10-13H2,(H,22,23). The Morgan fingerprint density at radius 2 is 1.65 bits per heavy atom. The number of halogens is 1. The molecule has 0 unspecified atom stereocenters. The molecule has 1 aliphatic carbocycles. The highest BCUT2D eigenvalue weighted by Gasteiger charge is 2.46. The zero-order chi connectivity index (χ0) is 18.6. The number of esters is 1. The van der Waals surface area contributed by atoms with Crippen LogP contribution in [0.15, 0.2) is 54.6 Å². The molecule has 2 aromatic carbocycles. The van der Waals surface area contributed by atoms with E-state index in [0.29, 0.717) is 36.5 Å². The van der Waals surface area contributed by atoms with Crippen molar-refractivity contribution in [3.8, 4) is 5.75 Å². The molecule has 1 fully saturated rings. The Labute approximate surface area is 156 Å². The van der Waals surface area contributed by atoms with Crippen molar-refractivity contribution >= 4 is 23.5 Å². The van der Waals surface area contributed by atoms with Crippen LogP contribution in [0.5, 0.6) is 5.75 Å². The van der Waals surface area contributed by atoms with Gasteiger partial charge in [-0.05, 0) is 55.5 Å². The van der Waals surface area contributed by atoms with Gasteiger partial charge in [0.2, 0.25) is 5.91 Å². The molecule has 0 radical (unpaired) electrons. The van der Waals surface area contributed by atoms with Crippen molar-refractivity contribution in [2.75, 3.05) is 0 Å². The number of rotatable bonds is 4. The highest BCUT2D eigenvalue weighted by molar-refractivity contribution is 6.30. The average molecular weight is 374 g/mol. The molecule has 0 atom stereocenters. The SMILES string of the molecule is O=C(NO)C1CCC(C(=O)Oc2ccccc2)(c2ccc(Cl)cc2)CC1. The van der Waals surface area contributed by atoms with Crippen molar-refractivity contribution in [3.63, 3.8) is 0 Å². The van der Waals surface area contributed by atoms with Gasteiger partial charge in [-0.1, -0.05) is 41.9 Å². The smallest absolute Gasteiger partial charge is 0.321 e. The number of ether oxygens (including phenoxy) is 1. The number of para-hydroxylation sites is 1. The summed E-state index contributed by atoms with van der Waals surface area (Å²) in [4.78, 5) is 24.8. The monoisotopic (exact) mass is 373 g/mol. The second-order valence-electron chi connectivity index (χ2n) is 6.54. The second-order valence-corrected chi connectivity index (χ2v) is 6.98. The molecule has 0 spiro atoms. The van der Waals surface area contributed by atoms with Gasteiger partial charge in [0, 0.05) is 10.9 Å². The Morgan fingerprint density at radius 3 is 2.23 bits per heavy atom.